The monoisotopic (exact) mass is 501 g/mol. The Morgan fingerprint density at radius 1 is 0.800 bits per heavy atom. The highest BCUT2D eigenvalue weighted by Gasteiger charge is 2.44. The summed E-state index contributed by atoms with van der Waals surface area (Å²) < 4.78 is 0. The van der Waals surface area contributed by atoms with Crippen molar-refractivity contribution in [2.45, 2.75) is 18.5 Å². The van der Waals surface area contributed by atoms with E-state index in [1.54, 1.807) is 47.4 Å². The molecule has 0 radical (unpaired) electrons. The summed E-state index contributed by atoms with van der Waals surface area (Å²) in [5, 5.41) is 11.1. The van der Waals surface area contributed by atoms with Crippen LogP contribution in [0.1, 0.15) is 39.0 Å². The van der Waals surface area contributed by atoms with Gasteiger partial charge in [0.1, 0.15) is 5.92 Å². The highest BCUT2D eigenvalue weighted by molar-refractivity contribution is 6.35. The van der Waals surface area contributed by atoms with E-state index in [9.17, 15) is 14.7 Å². The third-order valence-electron chi connectivity index (χ3n) is 6.40. The second-order valence-electron chi connectivity index (χ2n) is 8.51. The third-order valence-corrected chi connectivity index (χ3v) is 6.96. The number of benzene rings is 4. The van der Waals surface area contributed by atoms with Crippen LogP contribution in [-0.2, 0) is 11.3 Å². The number of hydrogen-bond donors (Lipinski definition) is 1. The van der Waals surface area contributed by atoms with E-state index in [1.807, 2.05) is 54.6 Å². The van der Waals surface area contributed by atoms with E-state index in [1.165, 1.54) is 0 Å². The van der Waals surface area contributed by atoms with Gasteiger partial charge in [0.05, 0.1) is 6.04 Å². The van der Waals surface area contributed by atoms with Gasteiger partial charge in [0.15, 0.2) is 0 Å². The molecule has 1 amide bonds. The maximum atomic E-state index is 13.7. The molecule has 0 saturated heterocycles. The zero-order chi connectivity index (χ0) is 24.5. The molecule has 0 aliphatic carbocycles. The molecule has 1 aliphatic heterocycles. The SMILES string of the molecule is O=C(O)C1c2ccccc2C(=O)N(Cc2ccc(-c3ccccc3)cc2)C1c1ccc(Cl)cc1Cl. The number of halogens is 2. The number of hydrogen-bond acceptors (Lipinski definition) is 2. The molecule has 2 atom stereocenters. The summed E-state index contributed by atoms with van der Waals surface area (Å²) in [6.07, 6.45) is 0. The van der Waals surface area contributed by atoms with Crippen molar-refractivity contribution in [3.8, 4) is 11.1 Å². The molecule has 35 heavy (non-hydrogen) atoms. The predicted octanol–water partition coefficient (Wildman–Crippen LogP) is 7.23. The molecule has 1 aliphatic rings. The van der Waals surface area contributed by atoms with Crippen LogP contribution >= 0.6 is 23.2 Å². The first kappa shape index (κ1) is 23.2. The fourth-order valence-corrected chi connectivity index (χ4v) is 5.27. The zero-order valence-electron chi connectivity index (χ0n) is 18.6. The molecular weight excluding hydrogens is 481 g/mol. The first-order valence-corrected chi connectivity index (χ1v) is 11.9. The summed E-state index contributed by atoms with van der Waals surface area (Å²) in [5.41, 5.74) is 4.46. The van der Waals surface area contributed by atoms with Crippen LogP contribution in [0.25, 0.3) is 11.1 Å². The first-order valence-electron chi connectivity index (χ1n) is 11.2. The van der Waals surface area contributed by atoms with Gasteiger partial charge in [0, 0.05) is 22.2 Å². The van der Waals surface area contributed by atoms with Gasteiger partial charge in [-0.1, -0.05) is 102 Å². The number of fused-ring (bicyclic) bond motifs is 1. The van der Waals surface area contributed by atoms with E-state index in [4.69, 9.17) is 23.2 Å². The Labute approximate surface area is 213 Å². The maximum absolute atomic E-state index is 13.7. The van der Waals surface area contributed by atoms with Gasteiger partial charge in [-0.3, -0.25) is 9.59 Å². The predicted molar refractivity (Wildman–Crippen MR) is 138 cm³/mol. The molecule has 1 N–H and O–H groups in total. The number of carbonyl (C=O) groups excluding carboxylic acids is 1. The minimum absolute atomic E-state index is 0.232. The summed E-state index contributed by atoms with van der Waals surface area (Å²) >= 11 is 12.7. The van der Waals surface area contributed by atoms with Gasteiger partial charge >= 0.3 is 5.97 Å². The lowest BCUT2D eigenvalue weighted by atomic mass is 9.79. The van der Waals surface area contributed by atoms with Gasteiger partial charge in [0.25, 0.3) is 5.91 Å². The normalized spacial score (nSPS) is 17.2. The van der Waals surface area contributed by atoms with Crippen molar-refractivity contribution in [2.24, 2.45) is 0 Å². The molecule has 1 heterocycles. The van der Waals surface area contributed by atoms with Crippen molar-refractivity contribution in [1.82, 2.24) is 4.90 Å². The van der Waals surface area contributed by atoms with Gasteiger partial charge < -0.3 is 10.0 Å². The average molecular weight is 502 g/mol. The number of aliphatic carboxylic acids is 1. The van der Waals surface area contributed by atoms with E-state index in [2.05, 4.69) is 0 Å². The third kappa shape index (κ3) is 4.43. The van der Waals surface area contributed by atoms with E-state index in [0.717, 1.165) is 16.7 Å². The summed E-state index contributed by atoms with van der Waals surface area (Å²) in [4.78, 5) is 27.9. The molecule has 4 aromatic rings. The molecule has 4 aromatic carbocycles. The van der Waals surface area contributed by atoms with Crippen LogP contribution in [0, 0.1) is 0 Å². The lowest BCUT2D eigenvalue weighted by molar-refractivity contribution is -0.140. The quantitative estimate of drug-likeness (QED) is 0.313. The van der Waals surface area contributed by atoms with Crippen molar-refractivity contribution in [3.63, 3.8) is 0 Å². The van der Waals surface area contributed by atoms with Crippen LogP contribution in [0.2, 0.25) is 10.0 Å². The molecule has 174 valence electrons. The van der Waals surface area contributed by atoms with Crippen LogP contribution in [0.3, 0.4) is 0 Å². The minimum Gasteiger partial charge on any atom is -0.481 e. The molecular formula is C29H21Cl2NO3. The standard InChI is InChI=1S/C29H21Cl2NO3/c30-21-14-15-24(25(31)16-21)27-26(29(34)35)22-8-4-5-9-23(22)28(33)32(27)17-18-10-12-20(13-11-18)19-6-2-1-3-7-19/h1-16,26-27H,17H2,(H,34,35). The van der Waals surface area contributed by atoms with Crippen LogP contribution in [-0.4, -0.2) is 21.9 Å². The van der Waals surface area contributed by atoms with Gasteiger partial charge in [-0.05, 0) is 46.0 Å². The number of nitrogens with zero attached hydrogens (tertiary/aromatic N) is 1. The van der Waals surface area contributed by atoms with E-state index >= 15 is 0 Å². The molecule has 6 heteroatoms. The second kappa shape index (κ2) is 9.57. The molecule has 0 spiro atoms. The number of rotatable bonds is 5. The Balaban J connectivity index is 1.59. The van der Waals surface area contributed by atoms with Crippen molar-refractivity contribution in [2.75, 3.05) is 0 Å². The van der Waals surface area contributed by atoms with Crippen molar-refractivity contribution < 1.29 is 14.7 Å². The molecule has 4 nitrogen and oxygen atoms in total. The van der Waals surface area contributed by atoms with Gasteiger partial charge in [-0.2, -0.15) is 0 Å². The van der Waals surface area contributed by atoms with E-state index in [0.29, 0.717) is 26.7 Å². The summed E-state index contributed by atoms with van der Waals surface area (Å²) in [5.74, 6) is -2.24. The smallest absolute Gasteiger partial charge is 0.313 e. The molecule has 0 fully saturated rings. The second-order valence-corrected chi connectivity index (χ2v) is 9.35. The maximum Gasteiger partial charge on any atom is 0.313 e. The number of carboxylic acids is 1. The lowest BCUT2D eigenvalue weighted by Crippen LogP contribution is -2.44. The van der Waals surface area contributed by atoms with Gasteiger partial charge in [-0.25, -0.2) is 0 Å². The van der Waals surface area contributed by atoms with Crippen molar-refractivity contribution in [1.29, 1.82) is 0 Å². The molecule has 0 saturated carbocycles. The van der Waals surface area contributed by atoms with Crippen molar-refractivity contribution in [3.05, 3.63) is 129 Å². The fraction of sp³-hybridized carbons (Fsp3) is 0.103. The topological polar surface area (TPSA) is 57.6 Å². The Morgan fingerprint density at radius 3 is 2.14 bits per heavy atom. The number of carbonyl (C=O) groups is 2. The largest absolute Gasteiger partial charge is 0.481 e. The Bertz CT molecular complexity index is 1400. The number of amides is 1. The van der Waals surface area contributed by atoms with Crippen molar-refractivity contribution >= 4 is 35.1 Å². The van der Waals surface area contributed by atoms with Crippen LogP contribution in [0.5, 0.6) is 0 Å². The Morgan fingerprint density at radius 2 is 1.46 bits per heavy atom. The van der Waals surface area contributed by atoms with E-state index in [-0.39, 0.29) is 12.5 Å². The van der Waals surface area contributed by atoms with Crippen LogP contribution in [0.4, 0.5) is 0 Å². The number of carboxylic acid groups (broad SMARTS) is 1. The zero-order valence-corrected chi connectivity index (χ0v) is 20.1. The first-order chi connectivity index (χ1) is 16.9. The highest BCUT2D eigenvalue weighted by Crippen LogP contribution is 2.45. The van der Waals surface area contributed by atoms with Crippen LogP contribution in [0.15, 0.2) is 97.1 Å². The molecule has 0 aromatic heterocycles. The van der Waals surface area contributed by atoms with E-state index < -0.39 is 17.9 Å². The highest BCUT2D eigenvalue weighted by atomic mass is 35.5. The average Bonchev–Trinajstić information content (AvgIpc) is 2.86. The van der Waals surface area contributed by atoms with Crippen LogP contribution < -0.4 is 0 Å². The molecule has 2 unspecified atom stereocenters. The van der Waals surface area contributed by atoms with Gasteiger partial charge in [0.2, 0.25) is 0 Å². The molecule has 0 bridgehead atoms. The summed E-state index contributed by atoms with van der Waals surface area (Å²) in [7, 11) is 0. The van der Waals surface area contributed by atoms with Gasteiger partial charge in [-0.15, -0.1) is 0 Å². The minimum atomic E-state index is -1.02. The summed E-state index contributed by atoms with van der Waals surface area (Å²) in [6.45, 7) is 0.232. The Kier molecular flexibility index (Phi) is 6.33. The lowest BCUT2D eigenvalue weighted by Gasteiger charge is -2.41. The summed E-state index contributed by atoms with van der Waals surface area (Å²) in [6, 6.07) is 29.0. The molecule has 5 rings (SSSR count). The fourth-order valence-electron chi connectivity index (χ4n) is 4.75. The Hall–Kier alpha value is -3.60.